The van der Waals surface area contributed by atoms with Gasteiger partial charge in [-0.3, -0.25) is 15.5 Å². The molecule has 8 nitrogen and oxygen atoms in total. The number of nitro benzene ring substituents is 1. The van der Waals surface area contributed by atoms with E-state index in [-0.39, 0.29) is 16.3 Å². The van der Waals surface area contributed by atoms with Crippen molar-refractivity contribution in [3.63, 3.8) is 0 Å². The predicted molar refractivity (Wildman–Crippen MR) is 80.9 cm³/mol. The number of nitro groups is 1. The Bertz CT molecular complexity index is 800. The molecule has 3 N–H and O–H groups in total. The summed E-state index contributed by atoms with van der Waals surface area (Å²) < 4.78 is 22.5. The largest absolute Gasteiger partial charge is 0.295 e. The molecule has 1 aromatic rings. The fourth-order valence-corrected chi connectivity index (χ4v) is 3.26. The van der Waals surface area contributed by atoms with Gasteiger partial charge in [0.15, 0.2) is 0 Å². The number of hydrogen-bond donors (Lipinski definition) is 2. The Kier molecular flexibility index (Phi) is 3.45. The zero-order valence-corrected chi connectivity index (χ0v) is 12.3. The minimum Gasteiger partial charge on any atom is -0.272 e. The standard InChI is InChI=1S/C13H14N4O4S/c14-22(20,21)9-4-5-11(13(7-9)17(18)19)15-16-12-6-8-2-1-3-10(8)12/h1-2,4-5,7-8,10,15H,3,6H2,(H2,14,20,21)/b16-12-/t8-,10+/m0/s1. The van der Waals surface area contributed by atoms with E-state index in [1.54, 1.807) is 0 Å². The molecule has 0 heterocycles. The van der Waals surface area contributed by atoms with Crippen molar-refractivity contribution < 1.29 is 13.3 Å². The van der Waals surface area contributed by atoms with Crippen LogP contribution in [-0.4, -0.2) is 19.1 Å². The minimum atomic E-state index is -3.99. The summed E-state index contributed by atoms with van der Waals surface area (Å²) in [5.74, 6) is 0.913. The highest BCUT2D eigenvalue weighted by molar-refractivity contribution is 7.89. The van der Waals surface area contributed by atoms with Gasteiger partial charge in [-0.15, -0.1) is 0 Å². The number of sulfonamides is 1. The molecule has 22 heavy (non-hydrogen) atoms. The van der Waals surface area contributed by atoms with Crippen LogP contribution in [0, 0.1) is 22.0 Å². The number of hydrazone groups is 1. The third-order valence-corrected chi connectivity index (χ3v) is 4.89. The van der Waals surface area contributed by atoms with Crippen LogP contribution in [0.1, 0.15) is 12.8 Å². The van der Waals surface area contributed by atoms with Crippen molar-refractivity contribution in [3.8, 4) is 0 Å². The van der Waals surface area contributed by atoms with Gasteiger partial charge in [-0.25, -0.2) is 13.6 Å². The molecule has 9 heteroatoms. The molecule has 0 bridgehead atoms. The van der Waals surface area contributed by atoms with Crippen LogP contribution < -0.4 is 10.6 Å². The fraction of sp³-hybridized carbons (Fsp3) is 0.308. The second-order valence-corrected chi connectivity index (χ2v) is 6.90. The molecule has 0 spiro atoms. The Morgan fingerprint density at radius 3 is 2.82 bits per heavy atom. The molecular weight excluding hydrogens is 308 g/mol. The number of nitrogens with two attached hydrogens (primary N) is 1. The number of nitrogens with one attached hydrogen (secondary N) is 1. The first-order valence-electron chi connectivity index (χ1n) is 6.66. The molecule has 0 aliphatic heterocycles. The van der Waals surface area contributed by atoms with Crippen molar-refractivity contribution in [3.05, 3.63) is 40.5 Å². The first-order valence-corrected chi connectivity index (χ1v) is 8.21. The quantitative estimate of drug-likeness (QED) is 0.494. The Morgan fingerprint density at radius 2 is 2.18 bits per heavy atom. The number of nitrogens with zero attached hydrogens (tertiary/aromatic N) is 2. The maximum atomic E-state index is 11.3. The SMILES string of the molecule is NS(=O)(=O)c1ccc(N/N=C2/C[C@@H]3C=CC[C@@H]23)c([N+](=O)[O-])c1. The van der Waals surface area contributed by atoms with Gasteiger partial charge in [-0.05, 0) is 30.9 Å². The molecule has 1 fully saturated rings. The van der Waals surface area contributed by atoms with Crippen LogP contribution in [0.4, 0.5) is 11.4 Å². The summed E-state index contributed by atoms with van der Waals surface area (Å²) >= 11 is 0. The zero-order valence-electron chi connectivity index (χ0n) is 11.5. The van der Waals surface area contributed by atoms with E-state index in [0.717, 1.165) is 24.6 Å². The molecule has 3 rings (SSSR count). The van der Waals surface area contributed by atoms with E-state index in [1.165, 1.54) is 12.1 Å². The lowest BCUT2D eigenvalue weighted by Crippen LogP contribution is -2.33. The van der Waals surface area contributed by atoms with Crippen LogP contribution in [-0.2, 0) is 10.0 Å². The molecule has 0 saturated heterocycles. The van der Waals surface area contributed by atoms with Gasteiger partial charge in [0, 0.05) is 17.7 Å². The minimum absolute atomic E-state index is 0.138. The molecule has 0 unspecified atom stereocenters. The number of primary sulfonamides is 1. The number of fused-ring (bicyclic) bond motifs is 1. The topological polar surface area (TPSA) is 128 Å². The van der Waals surface area contributed by atoms with E-state index in [2.05, 4.69) is 22.7 Å². The lowest BCUT2D eigenvalue weighted by atomic mass is 9.74. The van der Waals surface area contributed by atoms with Crippen LogP contribution in [0.5, 0.6) is 0 Å². The molecular formula is C13H14N4O4S. The van der Waals surface area contributed by atoms with Crippen molar-refractivity contribution in [1.82, 2.24) is 0 Å². The van der Waals surface area contributed by atoms with Gasteiger partial charge in [-0.2, -0.15) is 5.10 Å². The van der Waals surface area contributed by atoms with E-state index in [0.29, 0.717) is 11.8 Å². The summed E-state index contributed by atoms with van der Waals surface area (Å²) in [6, 6.07) is 3.44. The van der Waals surface area contributed by atoms with Crippen LogP contribution in [0.2, 0.25) is 0 Å². The number of hydrogen-bond acceptors (Lipinski definition) is 6. The van der Waals surface area contributed by atoms with E-state index in [9.17, 15) is 18.5 Å². The molecule has 116 valence electrons. The zero-order chi connectivity index (χ0) is 15.9. The monoisotopic (exact) mass is 322 g/mol. The Labute approximate surface area is 126 Å². The molecule has 0 radical (unpaired) electrons. The summed E-state index contributed by atoms with van der Waals surface area (Å²) in [5.41, 5.74) is 3.40. The van der Waals surface area contributed by atoms with E-state index < -0.39 is 14.9 Å². The molecule has 0 aromatic heterocycles. The second-order valence-electron chi connectivity index (χ2n) is 5.33. The van der Waals surface area contributed by atoms with Gasteiger partial charge in [-0.1, -0.05) is 12.2 Å². The third kappa shape index (κ3) is 2.60. The predicted octanol–water partition coefficient (Wildman–Crippen LogP) is 1.61. The Balaban J connectivity index is 1.84. The van der Waals surface area contributed by atoms with Crippen LogP contribution in [0.3, 0.4) is 0 Å². The lowest BCUT2D eigenvalue weighted by molar-refractivity contribution is -0.384. The van der Waals surface area contributed by atoms with Crippen molar-refractivity contribution in [2.75, 3.05) is 5.43 Å². The van der Waals surface area contributed by atoms with Gasteiger partial charge in [0.2, 0.25) is 10.0 Å². The average Bonchev–Trinajstić information content (AvgIpc) is 2.79. The third-order valence-electron chi connectivity index (χ3n) is 3.98. The van der Waals surface area contributed by atoms with Crippen molar-refractivity contribution in [1.29, 1.82) is 0 Å². The molecule has 2 atom stereocenters. The van der Waals surface area contributed by atoms with E-state index in [1.807, 2.05) is 0 Å². The van der Waals surface area contributed by atoms with Gasteiger partial charge in [0.1, 0.15) is 5.69 Å². The normalized spacial score (nSPS) is 24.9. The maximum absolute atomic E-state index is 11.3. The molecule has 1 aromatic carbocycles. The van der Waals surface area contributed by atoms with Crippen molar-refractivity contribution in [2.45, 2.75) is 17.7 Å². The Hall–Kier alpha value is -2.26. The highest BCUT2D eigenvalue weighted by Gasteiger charge is 2.38. The second kappa shape index (κ2) is 5.18. The lowest BCUT2D eigenvalue weighted by Gasteiger charge is -2.31. The van der Waals surface area contributed by atoms with Crippen LogP contribution in [0.25, 0.3) is 0 Å². The first-order chi connectivity index (χ1) is 10.4. The first kappa shape index (κ1) is 14.7. The number of anilines is 1. The van der Waals surface area contributed by atoms with Gasteiger partial charge < -0.3 is 0 Å². The highest BCUT2D eigenvalue weighted by Crippen LogP contribution is 2.40. The smallest absolute Gasteiger partial charge is 0.272 e. The number of rotatable bonds is 4. The van der Waals surface area contributed by atoms with Gasteiger partial charge in [0.25, 0.3) is 5.69 Å². The van der Waals surface area contributed by atoms with Crippen LogP contribution in [0.15, 0.2) is 40.3 Å². The maximum Gasteiger partial charge on any atom is 0.295 e. The van der Waals surface area contributed by atoms with E-state index >= 15 is 0 Å². The summed E-state index contributed by atoms with van der Waals surface area (Å²) in [6.45, 7) is 0. The summed E-state index contributed by atoms with van der Waals surface area (Å²) in [5, 5.41) is 20.3. The summed E-state index contributed by atoms with van der Waals surface area (Å²) in [4.78, 5) is 10.1. The molecule has 2 aliphatic rings. The molecule has 2 aliphatic carbocycles. The highest BCUT2D eigenvalue weighted by atomic mass is 32.2. The Morgan fingerprint density at radius 1 is 1.41 bits per heavy atom. The van der Waals surface area contributed by atoms with E-state index in [4.69, 9.17) is 5.14 Å². The van der Waals surface area contributed by atoms with Crippen molar-refractivity contribution in [2.24, 2.45) is 22.1 Å². The number of benzene rings is 1. The van der Waals surface area contributed by atoms with Crippen molar-refractivity contribution >= 4 is 27.1 Å². The molecule has 1 saturated carbocycles. The average molecular weight is 322 g/mol. The van der Waals surface area contributed by atoms with Gasteiger partial charge >= 0.3 is 0 Å². The van der Waals surface area contributed by atoms with Crippen LogP contribution >= 0.6 is 0 Å². The number of allylic oxidation sites excluding steroid dienone is 2. The fourth-order valence-electron chi connectivity index (χ4n) is 2.73. The summed E-state index contributed by atoms with van der Waals surface area (Å²) in [6.07, 6.45) is 6.06. The van der Waals surface area contributed by atoms with Gasteiger partial charge in [0.05, 0.1) is 9.82 Å². The molecule has 0 amide bonds. The summed E-state index contributed by atoms with van der Waals surface area (Å²) in [7, 11) is -3.99.